The third-order valence-electron chi connectivity index (χ3n) is 4.46. The van der Waals surface area contributed by atoms with Crippen molar-refractivity contribution in [3.8, 4) is 0 Å². The van der Waals surface area contributed by atoms with Crippen molar-refractivity contribution in [3.05, 3.63) is 23.2 Å². The number of sulfonamides is 1. The molecule has 1 aromatic rings. The Morgan fingerprint density at radius 2 is 1.88 bits per heavy atom. The van der Waals surface area contributed by atoms with E-state index in [1.165, 1.54) is 37.5 Å². The molecular weight excluding hydrogens is 350 g/mol. The van der Waals surface area contributed by atoms with E-state index < -0.39 is 10.0 Å². The van der Waals surface area contributed by atoms with Crippen LogP contribution in [0, 0.1) is 0 Å². The van der Waals surface area contributed by atoms with Crippen LogP contribution in [0.2, 0.25) is 5.02 Å². The molecule has 1 atom stereocenters. The second kappa shape index (κ2) is 7.82. The van der Waals surface area contributed by atoms with Gasteiger partial charge in [-0.2, -0.15) is 0 Å². The number of nitrogens with zero attached hydrogens (tertiary/aromatic N) is 1. The Morgan fingerprint density at radius 3 is 2.46 bits per heavy atom. The van der Waals surface area contributed by atoms with Crippen molar-refractivity contribution in [2.24, 2.45) is 0 Å². The molecule has 1 aliphatic heterocycles. The molecule has 1 aromatic carbocycles. The van der Waals surface area contributed by atoms with E-state index in [4.69, 9.17) is 11.6 Å². The molecule has 0 spiro atoms. The van der Waals surface area contributed by atoms with Crippen molar-refractivity contribution >= 4 is 33.2 Å². The molecule has 1 saturated heterocycles. The molecule has 0 saturated carbocycles. The van der Waals surface area contributed by atoms with Crippen LogP contribution in [0.3, 0.4) is 0 Å². The van der Waals surface area contributed by atoms with Gasteiger partial charge in [0, 0.05) is 19.8 Å². The van der Waals surface area contributed by atoms with Crippen molar-refractivity contribution in [1.29, 1.82) is 0 Å². The summed E-state index contributed by atoms with van der Waals surface area (Å²) >= 11 is 6.02. The number of nitrogens with one attached hydrogen (secondary N) is 2. The second-order valence-corrected chi connectivity index (χ2v) is 8.89. The smallest absolute Gasteiger partial charge is 0.282 e. The van der Waals surface area contributed by atoms with Gasteiger partial charge < -0.3 is 10.2 Å². The molecule has 1 amide bonds. The number of halogens is 1. The molecule has 0 aliphatic carbocycles. The van der Waals surface area contributed by atoms with Gasteiger partial charge in [-0.3, -0.25) is 4.79 Å². The van der Waals surface area contributed by atoms with Crippen LogP contribution >= 0.6 is 11.6 Å². The standard InChI is InChI=1S/C16H24ClN3O3S/c1-12(20-9-5-4-6-10-20)16(21)18-13-7-8-14(17)15(11-13)24(22,23)19(2)3/h7-8,11-12H,4-6,9-10H2,1-3H3,(H,18,21)/p+1/t12-/m1/s1. The molecule has 2 N–H and O–H groups in total. The van der Waals surface area contributed by atoms with Crippen molar-refractivity contribution in [2.75, 3.05) is 32.5 Å². The van der Waals surface area contributed by atoms with Crippen LogP contribution in [0.5, 0.6) is 0 Å². The van der Waals surface area contributed by atoms with Gasteiger partial charge in [-0.15, -0.1) is 0 Å². The van der Waals surface area contributed by atoms with Gasteiger partial charge in [0.1, 0.15) is 4.90 Å². The highest BCUT2D eigenvalue weighted by Gasteiger charge is 2.27. The quantitative estimate of drug-likeness (QED) is 0.807. The largest absolute Gasteiger partial charge is 0.325 e. The molecule has 0 bridgehead atoms. The molecule has 24 heavy (non-hydrogen) atoms. The molecule has 0 unspecified atom stereocenters. The Kier molecular flexibility index (Phi) is 6.25. The molecule has 0 radical (unpaired) electrons. The Balaban J connectivity index is 2.17. The van der Waals surface area contributed by atoms with E-state index >= 15 is 0 Å². The topological polar surface area (TPSA) is 70.9 Å². The Morgan fingerprint density at radius 1 is 1.25 bits per heavy atom. The van der Waals surface area contributed by atoms with E-state index in [0.717, 1.165) is 30.2 Å². The first-order chi connectivity index (χ1) is 11.2. The van der Waals surface area contributed by atoms with Crippen LogP contribution in [0.15, 0.2) is 23.1 Å². The van der Waals surface area contributed by atoms with E-state index in [2.05, 4.69) is 5.32 Å². The summed E-state index contributed by atoms with van der Waals surface area (Å²) in [6.07, 6.45) is 3.50. The third kappa shape index (κ3) is 4.27. The first kappa shape index (κ1) is 19.2. The molecule has 1 heterocycles. The van der Waals surface area contributed by atoms with Crippen LogP contribution < -0.4 is 10.2 Å². The van der Waals surface area contributed by atoms with Crippen LogP contribution in [0.4, 0.5) is 5.69 Å². The molecule has 6 nitrogen and oxygen atoms in total. The average molecular weight is 375 g/mol. The van der Waals surface area contributed by atoms with Gasteiger partial charge in [-0.05, 0) is 44.4 Å². The number of benzene rings is 1. The highest BCUT2D eigenvalue weighted by atomic mass is 35.5. The van der Waals surface area contributed by atoms with Gasteiger partial charge >= 0.3 is 0 Å². The van der Waals surface area contributed by atoms with Crippen molar-refractivity contribution in [1.82, 2.24) is 4.31 Å². The van der Waals surface area contributed by atoms with Crippen molar-refractivity contribution in [2.45, 2.75) is 37.1 Å². The van der Waals surface area contributed by atoms with Crippen LogP contribution in [0.1, 0.15) is 26.2 Å². The molecule has 2 rings (SSSR count). The van der Waals surface area contributed by atoms with E-state index in [9.17, 15) is 13.2 Å². The SMILES string of the molecule is C[C@H](C(=O)Nc1ccc(Cl)c(S(=O)(=O)N(C)C)c1)[NH+]1CCCCC1. The second-order valence-electron chi connectivity index (χ2n) is 6.36. The number of quaternary nitrogens is 1. The number of amides is 1. The average Bonchev–Trinajstić information content (AvgIpc) is 2.56. The minimum Gasteiger partial charge on any atom is -0.325 e. The summed E-state index contributed by atoms with van der Waals surface area (Å²) in [5.74, 6) is -0.109. The fourth-order valence-electron chi connectivity index (χ4n) is 2.85. The predicted molar refractivity (Wildman–Crippen MR) is 95.0 cm³/mol. The maximum Gasteiger partial charge on any atom is 0.282 e. The zero-order chi connectivity index (χ0) is 17.9. The molecule has 1 fully saturated rings. The van der Waals surface area contributed by atoms with Gasteiger partial charge in [0.15, 0.2) is 6.04 Å². The van der Waals surface area contributed by atoms with Gasteiger partial charge in [0.2, 0.25) is 10.0 Å². The van der Waals surface area contributed by atoms with E-state index in [-0.39, 0.29) is 21.9 Å². The zero-order valence-electron chi connectivity index (χ0n) is 14.3. The van der Waals surface area contributed by atoms with E-state index in [1.807, 2.05) is 6.92 Å². The number of likely N-dealkylation sites (tertiary alicyclic amines) is 1. The summed E-state index contributed by atoms with van der Waals surface area (Å²) in [4.78, 5) is 13.7. The normalized spacial score (nSPS) is 17.7. The minimum atomic E-state index is -3.66. The maximum atomic E-state index is 12.5. The monoisotopic (exact) mass is 374 g/mol. The highest BCUT2D eigenvalue weighted by Crippen LogP contribution is 2.26. The Hall–Kier alpha value is -1.15. The number of carbonyl (C=O) groups excluding carboxylic acids is 1. The fourth-order valence-corrected chi connectivity index (χ4v) is 4.24. The number of rotatable bonds is 5. The number of piperidine rings is 1. The van der Waals surface area contributed by atoms with Crippen molar-refractivity contribution in [3.63, 3.8) is 0 Å². The number of carbonyl (C=O) groups is 1. The Bertz CT molecular complexity index is 701. The lowest BCUT2D eigenvalue weighted by Crippen LogP contribution is -3.17. The summed E-state index contributed by atoms with van der Waals surface area (Å²) in [6.45, 7) is 3.90. The first-order valence-electron chi connectivity index (χ1n) is 8.11. The number of hydrogen-bond acceptors (Lipinski definition) is 3. The lowest BCUT2D eigenvalue weighted by atomic mass is 10.1. The lowest BCUT2D eigenvalue weighted by Gasteiger charge is -2.28. The molecule has 1 aliphatic rings. The van der Waals surface area contributed by atoms with E-state index in [1.54, 1.807) is 6.07 Å². The first-order valence-corrected chi connectivity index (χ1v) is 9.93. The highest BCUT2D eigenvalue weighted by molar-refractivity contribution is 7.89. The van der Waals surface area contributed by atoms with Gasteiger partial charge in [0.25, 0.3) is 5.91 Å². The van der Waals surface area contributed by atoms with Gasteiger partial charge in [-0.1, -0.05) is 11.6 Å². The predicted octanol–water partition coefficient (Wildman–Crippen LogP) is 0.986. The molecular formula is C16H25ClN3O3S+. The maximum absolute atomic E-state index is 12.5. The lowest BCUT2D eigenvalue weighted by molar-refractivity contribution is -0.918. The van der Waals surface area contributed by atoms with E-state index in [0.29, 0.717) is 5.69 Å². The Labute approximate surface area is 148 Å². The molecule has 8 heteroatoms. The zero-order valence-corrected chi connectivity index (χ0v) is 15.9. The summed E-state index contributed by atoms with van der Waals surface area (Å²) in [6, 6.07) is 4.35. The summed E-state index contributed by atoms with van der Waals surface area (Å²) in [5.41, 5.74) is 0.438. The van der Waals surface area contributed by atoms with Crippen LogP contribution in [-0.4, -0.2) is 51.9 Å². The van der Waals surface area contributed by atoms with Gasteiger partial charge in [-0.25, -0.2) is 12.7 Å². The summed E-state index contributed by atoms with van der Waals surface area (Å²) in [7, 11) is -0.775. The van der Waals surface area contributed by atoms with Crippen LogP contribution in [-0.2, 0) is 14.8 Å². The third-order valence-corrected chi connectivity index (χ3v) is 6.76. The van der Waals surface area contributed by atoms with Crippen molar-refractivity contribution < 1.29 is 18.1 Å². The number of anilines is 1. The van der Waals surface area contributed by atoms with Gasteiger partial charge in [0.05, 0.1) is 18.1 Å². The molecule has 134 valence electrons. The minimum absolute atomic E-state index is 0.00932. The number of hydrogen-bond donors (Lipinski definition) is 2. The summed E-state index contributed by atoms with van der Waals surface area (Å²) in [5, 5.41) is 2.95. The summed E-state index contributed by atoms with van der Waals surface area (Å²) < 4.78 is 25.7. The van der Waals surface area contributed by atoms with Crippen LogP contribution in [0.25, 0.3) is 0 Å². The molecule has 0 aromatic heterocycles. The fraction of sp³-hybridized carbons (Fsp3) is 0.562.